The van der Waals surface area contributed by atoms with Crippen molar-refractivity contribution in [3.63, 3.8) is 0 Å². The number of rotatable bonds is 8. The van der Waals surface area contributed by atoms with Gasteiger partial charge in [-0.1, -0.05) is 19.3 Å². The van der Waals surface area contributed by atoms with Gasteiger partial charge in [-0.2, -0.15) is 5.53 Å². The Morgan fingerprint density at radius 1 is 0.844 bits per heavy atom. The molecule has 2 aliphatic heterocycles. The van der Waals surface area contributed by atoms with Gasteiger partial charge in [0.1, 0.15) is 6.04 Å². The maximum atomic E-state index is 12.7. The Morgan fingerprint density at radius 3 is 2.22 bits per heavy atom. The fourth-order valence-corrected chi connectivity index (χ4v) is 6.13. The van der Waals surface area contributed by atoms with Crippen LogP contribution in [0, 0.1) is 23.7 Å². The van der Waals surface area contributed by atoms with Gasteiger partial charge >= 0.3 is 5.97 Å². The molecule has 1 amide bonds. The zero-order valence-corrected chi connectivity index (χ0v) is 19.6. The number of carboxylic acids is 1. The van der Waals surface area contributed by atoms with Gasteiger partial charge in [0.05, 0.1) is 5.92 Å². The number of amides is 1. The second kappa shape index (κ2) is 11.8. The maximum absolute atomic E-state index is 12.7. The molecule has 2 saturated heterocycles. The monoisotopic (exact) mass is 449 g/mol. The van der Waals surface area contributed by atoms with Crippen molar-refractivity contribution in [2.75, 3.05) is 39.3 Å². The van der Waals surface area contributed by atoms with Crippen molar-refractivity contribution in [3.05, 3.63) is 0 Å². The van der Waals surface area contributed by atoms with Crippen molar-refractivity contribution >= 4 is 11.9 Å². The molecule has 32 heavy (non-hydrogen) atoms. The van der Waals surface area contributed by atoms with Gasteiger partial charge in [0.2, 0.25) is 5.91 Å². The molecule has 2 saturated carbocycles. The first-order valence-electron chi connectivity index (χ1n) is 13.1. The highest BCUT2D eigenvalue weighted by Crippen LogP contribution is 2.29. The van der Waals surface area contributed by atoms with Gasteiger partial charge in [-0.3, -0.25) is 9.59 Å². The minimum atomic E-state index is -0.656. The van der Waals surface area contributed by atoms with Crippen molar-refractivity contribution in [1.82, 2.24) is 26.2 Å². The second-order valence-electron chi connectivity index (χ2n) is 10.8. The van der Waals surface area contributed by atoms with Crippen LogP contribution in [0.5, 0.6) is 0 Å². The SMILES string of the molecule is O=C(O)C1CCC(CN2CC(C(=O)NCC3CCN(CC4CCCCC4)CC3)NN2)CC1. The summed E-state index contributed by atoms with van der Waals surface area (Å²) in [5.41, 5.74) is 6.28. The summed E-state index contributed by atoms with van der Waals surface area (Å²) < 4.78 is 0. The number of hydrogen-bond acceptors (Lipinski definition) is 6. The van der Waals surface area contributed by atoms with Gasteiger partial charge in [-0.15, -0.1) is 0 Å². The molecule has 8 heteroatoms. The molecule has 4 N–H and O–H groups in total. The quantitative estimate of drug-likeness (QED) is 0.450. The zero-order chi connectivity index (χ0) is 22.3. The normalized spacial score (nSPS) is 31.6. The summed E-state index contributed by atoms with van der Waals surface area (Å²) in [6, 6.07) is -0.225. The van der Waals surface area contributed by atoms with E-state index >= 15 is 0 Å². The van der Waals surface area contributed by atoms with Crippen molar-refractivity contribution in [1.29, 1.82) is 0 Å². The maximum Gasteiger partial charge on any atom is 0.306 e. The van der Waals surface area contributed by atoms with Gasteiger partial charge in [0.25, 0.3) is 0 Å². The lowest BCUT2D eigenvalue weighted by atomic mass is 9.82. The third kappa shape index (κ3) is 6.89. The highest BCUT2D eigenvalue weighted by Gasteiger charge is 2.32. The molecule has 1 unspecified atom stereocenters. The Balaban J connectivity index is 1.08. The predicted octanol–water partition coefficient (Wildman–Crippen LogP) is 1.98. The van der Waals surface area contributed by atoms with Crippen LogP contribution < -0.4 is 16.3 Å². The summed E-state index contributed by atoms with van der Waals surface area (Å²) in [5, 5.41) is 14.4. The third-order valence-electron chi connectivity index (χ3n) is 8.30. The summed E-state index contributed by atoms with van der Waals surface area (Å²) in [4.78, 5) is 26.4. The highest BCUT2D eigenvalue weighted by atomic mass is 16.4. The van der Waals surface area contributed by atoms with E-state index in [2.05, 4.69) is 26.2 Å². The van der Waals surface area contributed by atoms with Gasteiger partial charge in [0.15, 0.2) is 0 Å². The van der Waals surface area contributed by atoms with Crippen molar-refractivity contribution in [3.8, 4) is 0 Å². The number of carbonyl (C=O) groups is 2. The second-order valence-corrected chi connectivity index (χ2v) is 10.8. The van der Waals surface area contributed by atoms with Crippen LogP contribution in [0.25, 0.3) is 0 Å². The first kappa shape index (κ1) is 23.9. The number of piperidine rings is 1. The van der Waals surface area contributed by atoms with E-state index in [-0.39, 0.29) is 17.9 Å². The molecule has 2 heterocycles. The number of carboxylic acid groups (broad SMARTS) is 1. The summed E-state index contributed by atoms with van der Waals surface area (Å²) in [6.45, 7) is 5.95. The Bertz CT molecular complexity index is 611. The lowest BCUT2D eigenvalue weighted by Gasteiger charge is -2.35. The number of carbonyl (C=O) groups excluding carboxylic acids is 1. The number of likely N-dealkylation sites (tertiary alicyclic amines) is 1. The smallest absolute Gasteiger partial charge is 0.306 e. The van der Waals surface area contributed by atoms with E-state index in [1.807, 2.05) is 0 Å². The number of hydrazine groups is 2. The molecule has 0 aromatic heterocycles. The predicted molar refractivity (Wildman–Crippen MR) is 123 cm³/mol. The fourth-order valence-electron chi connectivity index (χ4n) is 6.13. The van der Waals surface area contributed by atoms with E-state index in [4.69, 9.17) is 5.11 Å². The molecule has 0 aromatic carbocycles. The Kier molecular flexibility index (Phi) is 8.80. The summed E-state index contributed by atoms with van der Waals surface area (Å²) in [5.74, 6) is 1.26. The van der Waals surface area contributed by atoms with E-state index in [1.165, 1.54) is 64.6 Å². The molecule has 0 aromatic rings. The van der Waals surface area contributed by atoms with Crippen LogP contribution >= 0.6 is 0 Å². The van der Waals surface area contributed by atoms with Crippen LogP contribution in [0.1, 0.15) is 70.6 Å². The van der Waals surface area contributed by atoms with Crippen LogP contribution in [0.3, 0.4) is 0 Å². The fraction of sp³-hybridized carbons (Fsp3) is 0.917. The largest absolute Gasteiger partial charge is 0.481 e. The van der Waals surface area contributed by atoms with Crippen LogP contribution in [0.2, 0.25) is 0 Å². The Labute approximate surface area is 192 Å². The van der Waals surface area contributed by atoms with E-state index in [0.29, 0.717) is 18.4 Å². The molecule has 0 bridgehead atoms. The number of aliphatic carboxylic acids is 1. The lowest BCUT2D eigenvalue weighted by Crippen LogP contribution is -2.47. The molecule has 4 rings (SSSR count). The highest BCUT2D eigenvalue weighted by molar-refractivity contribution is 5.82. The van der Waals surface area contributed by atoms with Crippen molar-refractivity contribution in [2.24, 2.45) is 23.7 Å². The van der Waals surface area contributed by atoms with Crippen LogP contribution in [-0.4, -0.2) is 72.2 Å². The average molecular weight is 450 g/mol. The molecule has 4 fully saturated rings. The molecule has 0 spiro atoms. The van der Waals surface area contributed by atoms with E-state index in [0.717, 1.165) is 44.7 Å². The molecule has 4 aliphatic rings. The molecule has 0 radical (unpaired) electrons. The Hall–Kier alpha value is -1.22. The van der Waals surface area contributed by atoms with Gasteiger partial charge in [0, 0.05) is 26.2 Å². The molecule has 8 nitrogen and oxygen atoms in total. The van der Waals surface area contributed by atoms with Gasteiger partial charge in [-0.25, -0.2) is 10.4 Å². The van der Waals surface area contributed by atoms with Crippen LogP contribution in [-0.2, 0) is 9.59 Å². The first-order valence-corrected chi connectivity index (χ1v) is 13.1. The van der Waals surface area contributed by atoms with Gasteiger partial charge < -0.3 is 15.3 Å². The molecule has 1 atom stereocenters. The van der Waals surface area contributed by atoms with Crippen molar-refractivity contribution in [2.45, 2.75) is 76.7 Å². The summed E-state index contributed by atoms with van der Waals surface area (Å²) in [6.07, 6.45) is 12.9. The standard InChI is InChI=1S/C24H43N5O3/c30-23(22-17-29(27-26-22)16-20-6-8-21(9-7-20)24(31)32)25-14-18-10-12-28(13-11-18)15-19-4-2-1-3-5-19/h18-22,26-27H,1-17H2,(H,25,30)(H,31,32). The van der Waals surface area contributed by atoms with Gasteiger partial charge in [-0.05, 0) is 82.2 Å². The summed E-state index contributed by atoms with van der Waals surface area (Å²) in [7, 11) is 0. The van der Waals surface area contributed by atoms with E-state index < -0.39 is 5.97 Å². The minimum Gasteiger partial charge on any atom is -0.481 e. The lowest BCUT2D eigenvalue weighted by molar-refractivity contribution is -0.143. The number of nitrogens with zero attached hydrogens (tertiary/aromatic N) is 2. The third-order valence-corrected chi connectivity index (χ3v) is 8.30. The van der Waals surface area contributed by atoms with E-state index in [1.54, 1.807) is 0 Å². The molecular weight excluding hydrogens is 406 g/mol. The van der Waals surface area contributed by atoms with Crippen molar-refractivity contribution < 1.29 is 14.7 Å². The molecular formula is C24H43N5O3. The summed E-state index contributed by atoms with van der Waals surface area (Å²) >= 11 is 0. The molecule has 2 aliphatic carbocycles. The molecule has 182 valence electrons. The average Bonchev–Trinajstić information content (AvgIpc) is 3.28. The topological polar surface area (TPSA) is 96.9 Å². The first-order chi connectivity index (χ1) is 15.6. The van der Waals surface area contributed by atoms with E-state index in [9.17, 15) is 9.59 Å². The number of nitrogens with one attached hydrogen (secondary N) is 3. The Morgan fingerprint density at radius 2 is 1.53 bits per heavy atom. The van der Waals surface area contributed by atoms with Crippen LogP contribution in [0.15, 0.2) is 0 Å². The van der Waals surface area contributed by atoms with Crippen LogP contribution in [0.4, 0.5) is 0 Å². The zero-order valence-electron chi connectivity index (χ0n) is 19.6. The number of hydrogen-bond donors (Lipinski definition) is 4. The minimum absolute atomic E-state index is 0.0826.